The van der Waals surface area contributed by atoms with Crippen molar-refractivity contribution in [2.24, 2.45) is 0 Å². The van der Waals surface area contributed by atoms with Crippen LogP contribution in [0.5, 0.6) is 5.88 Å². The SMILES string of the molecule is CNc1ncnc(OC2CCN(C(=O)O)C2)c1[N+](=O)[O-]. The molecule has 2 heterocycles. The Labute approximate surface area is 113 Å². The van der Waals surface area contributed by atoms with Gasteiger partial charge in [-0.15, -0.1) is 0 Å². The Morgan fingerprint density at radius 1 is 1.65 bits per heavy atom. The highest BCUT2D eigenvalue weighted by atomic mass is 16.6. The van der Waals surface area contributed by atoms with E-state index in [4.69, 9.17) is 9.84 Å². The van der Waals surface area contributed by atoms with E-state index < -0.39 is 17.1 Å². The molecule has 20 heavy (non-hydrogen) atoms. The zero-order valence-electron chi connectivity index (χ0n) is 10.6. The van der Waals surface area contributed by atoms with Gasteiger partial charge >= 0.3 is 11.8 Å². The molecule has 1 amide bonds. The molecule has 0 bridgehead atoms. The summed E-state index contributed by atoms with van der Waals surface area (Å²) < 4.78 is 5.45. The molecular weight excluding hydrogens is 270 g/mol. The number of hydrogen-bond donors (Lipinski definition) is 2. The Morgan fingerprint density at radius 2 is 2.40 bits per heavy atom. The van der Waals surface area contributed by atoms with Crippen molar-refractivity contribution in [2.45, 2.75) is 12.5 Å². The van der Waals surface area contributed by atoms with E-state index in [1.54, 1.807) is 0 Å². The maximum Gasteiger partial charge on any atom is 0.407 e. The molecule has 0 aliphatic carbocycles. The van der Waals surface area contributed by atoms with Crippen LogP contribution in [-0.2, 0) is 0 Å². The summed E-state index contributed by atoms with van der Waals surface area (Å²) >= 11 is 0. The highest BCUT2D eigenvalue weighted by Gasteiger charge is 2.31. The lowest BCUT2D eigenvalue weighted by molar-refractivity contribution is -0.385. The van der Waals surface area contributed by atoms with Crippen molar-refractivity contribution >= 4 is 17.6 Å². The number of rotatable bonds is 4. The molecule has 1 aromatic heterocycles. The molecule has 0 saturated carbocycles. The van der Waals surface area contributed by atoms with Gasteiger partial charge in [0.1, 0.15) is 12.4 Å². The Morgan fingerprint density at radius 3 is 2.95 bits per heavy atom. The van der Waals surface area contributed by atoms with E-state index in [1.807, 2.05) is 0 Å². The van der Waals surface area contributed by atoms with E-state index in [2.05, 4.69) is 15.3 Å². The van der Waals surface area contributed by atoms with Gasteiger partial charge in [0.15, 0.2) is 0 Å². The number of nitro groups is 1. The van der Waals surface area contributed by atoms with E-state index >= 15 is 0 Å². The Balaban J connectivity index is 2.18. The Hall–Kier alpha value is -2.65. The monoisotopic (exact) mass is 283 g/mol. The number of likely N-dealkylation sites (tertiary alicyclic amines) is 1. The zero-order valence-corrected chi connectivity index (χ0v) is 10.6. The van der Waals surface area contributed by atoms with Gasteiger partial charge < -0.3 is 20.1 Å². The van der Waals surface area contributed by atoms with Gasteiger partial charge in [0.05, 0.1) is 11.5 Å². The molecule has 1 atom stereocenters. The summed E-state index contributed by atoms with van der Waals surface area (Å²) in [6.45, 7) is 0.489. The van der Waals surface area contributed by atoms with E-state index in [-0.39, 0.29) is 23.9 Å². The predicted molar refractivity (Wildman–Crippen MR) is 66.9 cm³/mol. The lowest BCUT2D eigenvalue weighted by Gasteiger charge is -2.14. The minimum atomic E-state index is -1.04. The van der Waals surface area contributed by atoms with Crippen LogP contribution >= 0.6 is 0 Å². The highest BCUT2D eigenvalue weighted by molar-refractivity contribution is 5.65. The first-order chi connectivity index (χ1) is 9.52. The molecule has 2 rings (SSSR count). The summed E-state index contributed by atoms with van der Waals surface area (Å²) in [7, 11) is 1.50. The van der Waals surface area contributed by atoms with Crippen LogP contribution in [-0.4, -0.2) is 57.2 Å². The van der Waals surface area contributed by atoms with Crippen LogP contribution in [0.1, 0.15) is 6.42 Å². The second kappa shape index (κ2) is 5.55. The number of ether oxygens (including phenoxy) is 1. The number of anilines is 1. The van der Waals surface area contributed by atoms with Crippen molar-refractivity contribution in [2.75, 3.05) is 25.5 Å². The number of carboxylic acid groups (broad SMARTS) is 1. The minimum Gasteiger partial charge on any atom is -0.467 e. The van der Waals surface area contributed by atoms with Gasteiger partial charge in [0, 0.05) is 20.0 Å². The summed E-state index contributed by atoms with van der Waals surface area (Å²) in [5.41, 5.74) is -0.358. The van der Waals surface area contributed by atoms with Crippen LogP contribution < -0.4 is 10.1 Å². The van der Waals surface area contributed by atoms with Gasteiger partial charge in [-0.2, -0.15) is 4.98 Å². The first-order valence-electron chi connectivity index (χ1n) is 5.84. The van der Waals surface area contributed by atoms with Crippen LogP contribution in [0, 0.1) is 10.1 Å². The second-order valence-electron chi connectivity index (χ2n) is 4.14. The molecule has 1 saturated heterocycles. The van der Waals surface area contributed by atoms with Crippen LogP contribution in [0.3, 0.4) is 0 Å². The van der Waals surface area contributed by atoms with Gasteiger partial charge in [-0.3, -0.25) is 10.1 Å². The molecular formula is C10H13N5O5. The van der Waals surface area contributed by atoms with Crippen LogP contribution in [0.25, 0.3) is 0 Å². The van der Waals surface area contributed by atoms with E-state index in [0.717, 1.165) is 6.33 Å². The van der Waals surface area contributed by atoms with E-state index in [0.29, 0.717) is 13.0 Å². The van der Waals surface area contributed by atoms with Crippen molar-refractivity contribution in [3.63, 3.8) is 0 Å². The first-order valence-corrected chi connectivity index (χ1v) is 5.84. The van der Waals surface area contributed by atoms with Gasteiger partial charge in [0.2, 0.25) is 5.82 Å². The lowest BCUT2D eigenvalue weighted by atomic mass is 10.3. The summed E-state index contributed by atoms with van der Waals surface area (Å²) in [4.78, 5) is 29.9. The average Bonchev–Trinajstić information content (AvgIpc) is 2.86. The van der Waals surface area contributed by atoms with Gasteiger partial charge in [-0.1, -0.05) is 0 Å². The number of aromatic nitrogens is 2. The minimum absolute atomic E-state index is 0.0492. The molecule has 1 unspecified atom stereocenters. The van der Waals surface area contributed by atoms with Crippen molar-refractivity contribution in [1.82, 2.24) is 14.9 Å². The van der Waals surface area contributed by atoms with Crippen LogP contribution in [0.4, 0.5) is 16.3 Å². The molecule has 0 aromatic carbocycles. The molecule has 1 aliphatic rings. The quantitative estimate of drug-likeness (QED) is 0.605. The molecule has 1 fully saturated rings. The summed E-state index contributed by atoms with van der Waals surface area (Å²) in [6, 6.07) is 0. The van der Waals surface area contributed by atoms with Gasteiger partial charge in [-0.05, 0) is 0 Å². The highest BCUT2D eigenvalue weighted by Crippen LogP contribution is 2.32. The number of nitrogens with zero attached hydrogens (tertiary/aromatic N) is 4. The fourth-order valence-electron chi connectivity index (χ4n) is 1.95. The van der Waals surface area contributed by atoms with Crippen molar-refractivity contribution in [3.8, 4) is 5.88 Å². The molecule has 10 heteroatoms. The van der Waals surface area contributed by atoms with Crippen molar-refractivity contribution < 1.29 is 19.6 Å². The summed E-state index contributed by atoms with van der Waals surface area (Å²) in [5, 5.41) is 22.5. The van der Waals surface area contributed by atoms with Crippen LogP contribution in [0.15, 0.2) is 6.33 Å². The molecule has 0 spiro atoms. The van der Waals surface area contributed by atoms with Gasteiger partial charge in [-0.25, -0.2) is 9.78 Å². The van der Waals surface area contributed by atoms with E-state index in [1.165, 1.54) is 11.9 Å². The third kappa shape index (κ3) is 2.68. The molecule has 2 N–H and O–H groups in total. The topological polar surface area (TPSA) is 131 Å². The molecule has 0 radical (unpaired) electrons. The first kappa shape index (κ1) is 13.8. The van der Waals surface area contributed by atoms with Crippen LogP contribution in [0.2, 0.25) is 0 Å². The second-order valence-corrected chi connectivity index (χ2v) is 4.14. The standard InChI is InChI=1S/C10H13N5O5/c1-11-8-7(15(18)19)9(13-5-12-8)20-6-2-3-14(4-6)10(16)17/h5-6H,2-4H2,1H3,(H,16,17)(H,11,12,13). The number of hydrogen-bond acceptors (Lipinski definition) is 7. The third-order valence-electron chi connectivity index (χ3n) is 2.90. The molecule has 108 valence electrons. The summed E-state index contributed by atoms with van der Waals surface area (Å²) in [6.07, 6.45) is 0.120. The normalized spacial score (nSPS) is 17.9. The molecule has 1 aromatic rings. The average molecular weight is 283 g/mol. The number of amides is 1. The van der Waals surface area contributed by atoms with E-state index in [9.17, 15) is 14.9 Å². The molecule has 1 aliphatic heterocycles. The fraction of sp³-hybridized carbons (Fsp3) is 0.500. The molecule has 10 nitrogen and oxygen atoms in total. The lowest BCUT2D eigenvalue weighted by Crippen LogP contribution is -2.29. The summed E-state index contributed by atoms with van der Waals surface area (Å²) in [5.74, 6) is -0.111. The maximum atomic E-state index is 11.0. The number of nitrogens with one attached hydrogen (secondary N) is 1. The smallest absolute Gasteiger partial charge is 0.407 e. The van der Waals surface area contributed by atoms with Crippen molar-refractivity contribution in [3.05, 3.63) is 16.4 Å². The zero-order chi connectivity index (χ0) is 14.7. The maximum absolute atomic E-state index is 11.0. The van der Waals surface area contributed by atoms with Gasteiger partial charge in [0.25, 0.3) is 5.88 Å². The largest absolute Gasteiger partial charge is 0.467 e. The number of carbonyl (C=O) groups is 1. The Kier molecular flexibility index (Phi) is 3.82. The van der Waals surface area contributed by atoms with Crippen molar-refractivity contribution in [1.29, 1.82) is 0 Å². The predicted octanol–water partition coefficient (Wildman–Crippen LogP) is 0.558. The Bertz CT molecular complexity index is 537. The fourth-order valence-corrected chi connectivity index (χ4v) is 1.95. The third-order valence-corrected chi connectivity index (χ3v) is 2.90.